The molecule has 6 nitrogen and oxygen atoms in total. The van der Waals surface area contributed by atoms with Crippen molar-refractivity contribution in [2.45, 2.75) is 19.8 Å². The molecule has 1 amide bonds. The first kappa shape index (κ1) is 19.3. The van der Waals surface area contributed by atoms with Crippen molar-refractivity contribution in [3.8, 4) is 11.5 Å². The van der Waals surface area contributed by atoms with Crippen LogP contribution in [0.25, 0.3) is 0 Å². The maximum absolute atomic E-state index is 12.5. The fraction of sp³-hybridized carbons (Fsp3) is 0.300. The van der Waals surface area contributed by atoms with Gasteiger partial charge in [-0.3, -0.25) is 4.79 Å². The highest BCUT2D eigenvalue weighted by Crippen LogP contribution is 2.20. The molecule has 1 N–H and O–H groups in total. The molecule has 0 spiro atoms. The third-order valence-corrected chi connectivity index (χ3v) is 3.86. The Labute approximate surface area is 152 Å². The van der Waals surface area contributed by atoms with Crippen LogP contribution in [0.15, 0.2) is 48.5 Å². The van der Waals surface area contributed by atoms with E-state index in [0.717, 1.165) is 5.56 Å². The number of carbonyl (C=O) groups excluding carboxylic acids is 2. The number of carbonyl (C=O) groups is 2. The zero-order valence-electron chi connectivity index (χ0n) is 14.9. The molecule has 2 rings (SSSR count). The fourth-order valence-electron chi connectivity index (χ4n) is 2.55. The topological polar surface area (TPSA) is 87.7 Å². The summed E-state index contributed by atoms with van der Waals surface area (Å²) < 4.78 is 10.5. The van der Waals surface area contributed by atoms with Crippen molar-refractivity contribution in [3.63, 3.8) is 0 Å². The lowest BCUT2D eigenvalue weighted by Crippen LogP contribution is -2.32. The normalized spacial score (nSPS) is 11.5. The van der Waals surface area contributed by atoms with Crippen molar-refractivity contribution in [1.82, 2.24) is 0 Å². The first-order valence-electron chi connectivity index (χ1n) is 8.38. The number of rotatable bonds is 9. The number of amides is 1. The van der Waals surface area contributed by atoms with Crippen LogP contribution in [0.5, 0.6) is 11.5 Å². The van der Waals surface area contributed by atoms with Gasteiger partial charge in [0.2, 0.25) is 5.91 Å². The van der Waals surface area contributed by atoms with Crippen molar-refractivity contribution < 1.29 is 24.2 Å². The largest absolute Gasteiger partial charge is 0.550 e. The molecule has 0 aliphatic heterocycles. The maximum Gasteiger partial charge on any atom is 0.228 e. The lowest BCUT2D eigenvalue weighted by atomic mass is 9.95. The number of aliphatic carboxylic acids is 1. The average molecular weight is 356 g/mol. The van der Waals surface area contributed by atoms with E-state index in [4.69, 9.17) is 9.47 Å². The Balaban J connectivity index is 2.06. The standard InChI is InChI=1S/C20H23NO5/c1-3-26-18-10-6-16(7-11-18)21-20(24)15(13-19(22)23)12-14-4-8-17(25-2)9-5-14/h4-11,15H,3,12-13H2,1-2H3,(H,21,24)(H,22,23)/p-1/t15-/m1/s1. The Morgan fingerprint density at radius 2 is 1.65 bits per heavy atom. The summed E-state index contributed by atoms with van der Waals surface area (Å²) in [6.45, 7) is 2.45. The molecule has 0 saturated heterocycles. The van der Waals surface area contributed by atoms with Crippen LogP contribution in [-0.2, 0) is 16.0 Å². The summed E-state index contributed by atoms with van der Waals surface area (Å²) in [5, 5.41) is 13.8. The SMILES string of the molecule is CCOc1ccc(NC(=O)[C@@H](CC(=O)[O-])Cc2ccc(OC)cc2)cc1. The quantitative estimate of drug-likeness (QED) is 0.743. The van der Waals surface area contributed by atoms with Gasteiger partial charge in [0.15, 0.2) is 0 Å². The third-order valence-electron chi connectivity index (χ3n) is 3.86. The Morgan fingerprint density at radius 3 is 2.19 bits per heavy atom. The molecule has 2 aromatic carbocycles. The minimum absolute atomic E-state index is 0.292. The van der Waals surface area contributed by atoms with Gasteiger partial charge in [0.25, 0.3) is 0 Å². The van der Waals surface area contributed by atoms with E-state index in [0.29, 0.717) is 30.2 Å². The van der Waals surface area contributed by atoms with Crippen molar-refractivity contribution in [1.29, 1.82) is 0 Å². The molecule has 0 aliphatic carbocycles. The van der Waals surface area contributed by atoms with Crippen LogP contribution in [0.2, 0.25) is 0 Å². The summed E-state index contributed by atoms with van der Waals surface area (Å²) >= 11 is 0. The second-order valence-corrected chi connectivity index (χ2v) is 5.77. The second kappa shape index (κ2) is 9.46. The van der Waals surface area contributed by atoms with Crippen LogP contribution in [0, 0.1) is 5.92 Å². The number of hydrogen-bond donors (Lipinski definition) is 1. The Kier molecular flexibility index (Phi) is 7.02. The Morgan fingerprint density at radius 1 is 1.04 bits per heavy atom. The zero-order chi connectivity index (χ0) is 18.9. The van der Waals surface area contributed by atoms with E-state index in [2.05, 4.69) is 5.32 Å². The van der Waals surface area contributed by atoms with Crippen LogP contribution in [0.3, 0.4) is 0 Å². The minimum Gasteiger partial charge on any atom is -0.550 e. The van der Waals surface area contributed by atoms with Crippen LogP contribution in [0.1, 0.15) is 18.9 Å². The molecule has 0 aliphatic rings. The van der Waals surface area contributed by atoms with E-state index in [-0.39, 0.29) is 12.3 Å². The van der Waals surface area contributed by atoms with Gasteiger partial charge in [0, 0.05) is 17.6 Å². The first-order valence-corrected chi connectivity index (χ1v) is 8.38. The second-order valence-electron chi connectivity index (χ2n) is 5.77. The summed E-state index contributed by atoms with van der Waals surface area (Å²) in [4.78, 5) is 23.6. The van der Waals surface area contributed by atoms with E-state index in [9.17, 15) is 14.7 Å². The number of carboxylic acids is 1. The number of carboxylic acid groups (broad SMARTS) is 1. The van der Waals surface area contributed by atoms with E-state index < -0.39 is 11.9 Å². The van der Waals surface area contributed by atoms with E-state index in [1.165, 1.54) is 0 Å². The highest BCUT2D eigenvalue weighted by molar-refractivity contribution is 5.94. The molecule has 0 radical (unpaired) electrons. The maximum atomic E-state index is 12.5. The first-order chi connectivity index (χ1) is 12.5. The summed E-state index contributed by atoms with van der Waals surface area (Å²) in [7, 11) is 1.57. The molecule has 26 heavy (non-hydrogen) atoms. The van der Waals surface area contributed by atoms with Crippen molar-refractivity contribution in [3.05, 3.63) is 54.1 Å². The predicted molar refractivity (Wildman–Crippen MR) is 96.1 cm³/mol. The lowest BCUT2D eigenvalue weighted by Gasteiger charge is -2.18. The molecular weight excluding hydrogens is 334 g/mol. The van der Waals surface area contributed by atoms with Gasteiger partial charge in [0.1, 0.15) is 11.5 Å². The molecule has 0 saturated carbocycles. The van der Waals surface area contributed by atoms with Gasteiger partial charge in [-0.1, -0.05) is 12.1 Å². The van der Waals surface area contributed by atoms with Gasteiger partial charge in [-0.2, -0.15) is 0 Å². The summed E-state index contributed by atoms with van der Waals surface area (Å²) in [6.07, 6.45) is -0.0598. The molecule has 2 aromatic rings. The zero-order valence-corrected chi connectivity index (χ0v) is 14.9. The molecule has 0 unspecified atom stereocenters. The van der Waals surface area contributed by atoms with Crippen LogP contribution < -0.4 is 19.9 Å². The van der Waals surface area contributed by atoms with Gasteiger partial charge in [-0.25, -0.2) is 0 Å². The van der Waals surface area contributed by atoms with Crippen LogP contribution >= 0.6 is 0 Å². The van der Waals surface area contributed by atoms with E-state index in [1.807, 2.05) is 19.1 Å². The van der Waals surface area contributed by atoms with Gasteiger partial charge in [-0.15, -0.1) is 0 Å². The summed E-state index contributed by atoms with van der Waals surface area (Å²) in [5.74, 6) is -0.960. The third kappa shape index (κ3) is 5.81. The van der Waals surface area contributed by atoms with Crippen molar-refractivity contribution in [2.75, 3.05) is 19.0 Å². The number of ether oxygens (including phenoxy) is 2. The number of nitrogens with one attached hydrogen (secondary N) is 1. The van der Waals surface area contributed by atoms with Crippen LogP contribution in [-0.4, -0.2) is 25.6 Å². The number of anilines is 1. The summed E-state index contributed by atoms with van der Waals surface area (Å²) in [5.41, 5.74) is 1.43. The Hall–Kier alpha value is -3.02. The highest BCUT2D eigenvalue weighted by atomic mass is 16.5. The summed E-state index contributed by atoms with van der Waals surface area (Å²) in [6, 6.07) is 14.1. The molecule has 0 aromatic heterocycles. The predicted octanol–water partition coefficient (Wildman–Crippen LogP) is 2.03. The Bertz CT molecular complexity index is 725. The smallest absolute Gasteiger partial charge is 0.228 e. The van der Waals surface area contributed by atoms with Gasteiger partial charge in [-0.05, 0) is 61.7 Å². The van der Waals surface area contributed by atoms with Gasteiger partial charge >= 0.3 is 0 Å². The van der Waals surface area contributed by atoms with Gasteiger partial charge < -0.3 is 24.7 Å². The van der Waals surface area contributed by atoms with E-state index in [1.54, 1.807) is 43.5 Å². The number of benzene rings is 2. The molecular formula is C20H22NO5-. The molecule has 0 heterocycles. The molecule has 0 fully saturated rings. The molecule has 6 heteroatoms. The van der Waals surface area contributed by atoms with Crippen molar-refractivity contribution >= 4 is 17.6 Å². The highest BCUT2D eigenvalue weighted by Gasteiger charge is 2.20. The molecule has 138 valence electrons. The molecule has 0 bridgehead atoms. The fourth-order valence-corrected chi connectivity index (χ4v) is 2.55. The molecule has 1 atom stereocenters. The monoisotopic (exact) mass is 356 g/mol. The number of methoxy groups -OCH3 is 1. The van der Waals surface area contributed by atoms with E-state index >= 15 is 0 Å². The number of hydrogen-bond acceptors (Lipinski definition) is 5. The lowest BCUT2D eigenvalue weighted by molar-refractivity contribution is -0.306. The minimum atomic E-state index is -1.26. The average Bonchev–Trinajstić information content (AvgIpc) is 2.63. The van der Waals surface area contributed by atoms with Crippen molar-refractivity contribution in [2.24, 2.45) is 5.92 Å². The van der Waals surface area contributed by atoms with Crippen LogP contribution in [0.4, 0.5) is 5.69 Å². The van der Waals surface area contributed by atoms with Gasteiger partial charge in [0.05, 0.1) is 13.7 Å².